The van der Waals surface area contributed by atoms with Gasteiger partial charge in [0.25, 0.3) is 10.0 Å². The van der Waals surface area contributed by atoms with Crippen molar-refractivity contribution in [2.24, 2.45) is 0 Å². The van der Waals surface area contributed by atoms with E-state index in [2.05, 4.69) is 5.32 Å². The Bertz CT molecular complexity index is 1670. The lowest BCUT2D eigenvalue weighted by molar-refractivity contribution is -0.140. The molecule has 0 fully saturated rings. The monoisotopic (exact) mass is 645 g/mol. The number of carbonyl (C=O) groups is 2. The van der Waals surface area contributed by atoms with E-state index in [-0.39, 0.29) is 36.1 Å². The topological polar surface area (TPSA) is 96.0 Å². The van der Waals surface area contributed by atoms with Crippen molar-refractivity contribution in [2.45, 2.75) is 50.6 Å². The smallest absolute Gasteiger partial charge is 0.264 e. The van der Waals surface area contributed by atoms with Crippen molar-refractivity contribution in [3.8, 4) is 5.75 Å². The molecule has 0 aliphatic carbocycles. The third-order valence-corrected chi connectivity index (χ3v) is 9.18. The molecule has 46 heavy (non-hydrogen) atoms. The fraction of sp³-hybridized carbons (Fsp3) is 0.278. The SMILES string of the molecule is CCCCNC(=O)[C@H](Cc1ccccc1)N(Cc1ccc(F)cc1)C(=O)CN(c1ccccc1OCC)S(=O)(=O)c1ccccc1. The first-order valence-corrected chi connectivity index (χ1v) is 16.8. The molecule has 0 radical (unpaired) electrons. The van der Waals surface area contributed by atoms with Crippen molar-refractivity contribution in [3.05, 3.63) is 126 Å². The predicted octanol–water partition coefficient (Wildman–Crippen LogP) is 5.98. The highest BCUT2D eigenvalue weighted by Gasteiger charge is 2.35. The number of nitrogens with zero attached hydrogens (tertiary/aromatic N) is 2. The second kappa shape index (κ2) is 16.6. The minimum Gasteiger partial charge on any atom is -0.492 e. The molecule has 4 aromatic carbocycles. The van der Waals surface area contributed by atoms with Gasteiger partial charge >= 0.3 is 0 Å². The van der Waals surface area contributed by atoms with Gasteiger partial charge in [0.2, 0.25) is 11.8 Å². The molecule has 8 nitrogen and oxygen atoms in total. The quantitative estimate of drug-likeness (QED) is 0.151. The zero-order valence-electron chi connectivity index (χ0n) is 26.1. The number of nitrogens with one attached hydrogen (secondary N) is 1. The van der Waals surface area contributed by atoms with Gasteiger partial charge in [-0.05, 0) is 60.9 Å². The normalized spacial score (nSPS) is 11.8. The van der Waals surface area contributed by atoms with Gasteiger partial charge in [-0.3, -0.25) is 13.9 Å². The van der Waals surface area contributed by atoms with Gasteiger partial charge in [-0.15, -0.1) is 0 Å². The number of sulfonamides is 1. The number of hydrogen-bond acceptors (Lipinski definition) is 5. The maximum Gasteiger partial charge on any atom is 0.264 e. The number of para-hydroxylation sites is 2. The summed E-state index contributed by atoms with van der Waals surface area (Å²) in [5.74, 6) is -1.12. The summed E-state index contributed by atoms with van der Waals surface area (Å²) in [5, 5.41) is 2.96. The summed E-state index contributed by atoms with van der Waals surface area (Å²) in [4.78, 5) is 29.7. The molecule has 0 bridgehead atoms. The van der Waals surface area contributed by atoms with Crippen molar-refractivity contribution in [2.75, 3.05) is 24.0 Å². The highest BCUT2D eigenvalue weighted by Crippen LogP contribution is 2.33. The first-order valence-electron chi connectivity index (χ1n) is 15.4. The van der Waals surface area contributed by atoms with Crippen molar-refractivity contribution < 1.29 is 27.1 Å². The summed E-state index contributed by atoms with van der Waals surface area (Å²) in [7, 11) is -4.27. The minimum absolute atomic E-state index is 0.00247. The number of benzene rings is 4. The molecular weight excluding hydrogens is 605 g/mol. The average Bonchev–Trinajstić information content (AvgIpc) is 3.07. The van der Waals surface area contributed by atoms with E-state index >= 15 is 0 Å². The molecule has 1 N–H and O–H groups in total. The van der Waals surface area contributed by atoms with Crippen LogP contribution in [0.15, 0.2) is 114 Å². The largest absolute Gasteiger partial charge is 0.492 e. The summed E-state index contributed by atoms with van der Waals surface area (Å²) in [6, 6.07) is 28.5. The molecule has 4 aromatic rings. The van der Waals surface area contributed by atoms with Crippen LogP contribution in [0.2, 0.25) is 0 Å². The van der Waals surface area contributed by atoms with Gasteiger partial charge in [-0.1, -0.05) is 86.1 Å². The minimum atomic E-state index is -4.27. The van der Waals surface area contributed by atoms with Crippen LogP contribution in [-0.2, 0) is 32.6 Å². The number of halogens is 1. The van der Waals surface area contributed by atoms with Gasteiger partial charge in [0.05, 0.1) is 17.2 Å². The van der Waals surface area contributed by atoms with Crippen LogP contribution in [-0.4, -0.2) is 50.9 Å². The molecule has 0 saturated carbocycles. The average molecular weight is 646 g/mol. The molecule has 0 unspecified atom stereocenters. The van der Waals surface area contributed by atoms with Crippen LogP contribution >= 0.6 is 0 Å². The van der Waals surface area contributed by atoms with Crippen molar-refractivity contribution in [1.82, 2.24) is 10.2 Å². The molecule has 0 spiro atoms. The Morgan fingerprint density at radius 1 is 0.826 bits per heavy atom. The zero-order valence-corrected chi connectivity index (χ0v) is 27.0. The summed E-state index contributed by atoms with van der Waals surface area (Å²) < 4.78 is 49.1. The molecule has 0 aliphatic heterocycles. The molecule has 10 heteroatoms. The van der Waals surface area contributed by atoms with Crippen LogP contribution in [0.5, 0.6) is 5.75 Å². The summed E-state index contributed by atoms with van der Waals surface area (Å²) in [6.07, 6.45) is 1.81. The Labute approximate surface area is 270 Å². The zero-order chi connectivity index (χ0) is 32.9. The Morgan fingerprint density at radius 2 is 1.46 bits per heavy atom. The van der Waals surface area contributed by atoms with E-state index < -0.39 is 34.3 Å². The van der Waals surface area contributed by atoms with Crippen molar-refractivity contribution >= 4 is 27.5 Å². The second-order valence-corrected chi connectivity index (χ2v) is 12.6. The van der Waals surface area contributed by atoms with Crippen LogP contribution in [0.1, 0.15) is 37.8 Å². The Hall–Kier alpha value is -4.70. The van der Waals surface area contributed by atoms with E-state index in [1.54, 1.807) is 61.5 Å². The molecule has 0 aromatic heterocycles. The fourth-order valence-electron chi connectivity index (χ4n) is 5.02. The highest BCUT2D eigenvalue weighted by atomic mass is 32.2. The molecule has 0 aliphatic rings. The molecule has 2 amide bonds. The van der Waals surface area contributed by atoms with E-state index in [9.17, 15) is 22.4 Å². The Balaban J connectivity index is 1.81. The number of ether oxygens (including phenoxy) is 1. The van der Waals surface area contributed by atoms with Crippen LogP contribution < -0.4 is 14.4 Å². The van der Waals surface area contributed by atoms with Crippen molar-refractivity contribution in [1.29, 1.82) is 0 Å². The maximum atomic E-state index is 14.5. The second-order valence-electron chi connectivity index (χ2n) is 10.7. The predicted molar refractivity (Wildman–Crippen MR) is 177 cm³/mol. The van der Waals surface area contributed by atoms with E-state index in [1.807, 2.05) is 37.3 Å². The van der Waals surface area contributed by atoms with Crippen LogP contribution in [0, 0.1) is 5.82 Å². The van der Waals surface area contributed by atoms with Crippen LogP contribution in [0.4, 0.5) is 10.1 Å². The highest BCUT2D eigenvalue weighted by molar-refractivity contribution is 7.92. The van der Waals surface area contributed by atoms with E-state index in [0.717, 1.165) is 22.7 Å². The number of carbonyl (C=O) groups excluding carboxylic acids is 2. The van der Waals surface area contributed by atoms with Crippen molar-refractivity contribution in [3.63, 3.8) is 0 Å². The number of anilines is 1. The molecular formula is C36H40FN3O5S. The lowest BCUT2D eigenvalue weighted by atomic mass is 10.0. The van der Waals surface area contributed by atoms with Crippen LogP contribution in [0.25, 0.3) is 0 Å². The molecule has 0 heterocycles. The van der Waals surface area contributed by atoms with E-state index in [4.69, 9.17) is 4.74 Å². The molecule has 242 valence electrons. The summed E-state index contributed by atoms with van der Waals surface area (Å²) >= 11 is 0. The third kappa shape index (κ3) is 8.94. The van der Waals surface area contributed by atoms with Gasteiger partial charge in [0.15, 0.2) is 0 Å². The standard InChI is InChI=1S/C36H40FN3O5S/c1-3-5-24-38-36(42)33(25-28-14-8-6-9-15-28)39(26-29-20-22-30(37)23-21-29)35(41)27-40(32-18-12-13-19-34(32)45-4-2)46(43,44)31-16-10-7-11-17-31/h6-23,33H,3-5,24-27H2,1-2H3,(H,38,42)/t33-/m0/s1. The van der Waals surface area contributed by atoms with E-state index in [1.165, 1.54) is 29.2 Å². The van der Waals surface area contributed by atoms with Gasteiger partial charge < -0.3 is 15.0 Å². The van der Waals surface area contributed by atoms with Gasteiger partial charge in [0.1, 0.15) is 24.2 Å². The number of unbranched alkanes of at least 4 members (excludes halogenated alkanes) is 1. The maximum absolute atomic E-state index is 14.5. The summed E-state index contributed by atoms with van der Waals surface area (Å²) in [6.45, 7) is 3.83. The van der Waals surface area contributed by atoms with E-state index in [0.29, 0.717) is 17.9 Å². The first-order chi connectivity index (χ1) is 22.2. The lowest BCUT2D eigenvalue weighted by Gasteiger charge is -2.34. The Kier molecular flexibility index (Phi) is 12.3. The van der Waals surface area contributed by atoms with Gasteiger partial charge in [0, 0.05) is 19.5 Å². The molecule has 4 rings (SSSR count). The van der Waals surface area contributed by atoms with Gasteiger partial charge in [-0.2, -0.15) is 0 Å². The first kappa shape index (κ1) is 34.2. The lowest BCUT2D eigenvalue weighted by Crippen LogP contribution is -2.53. The molecule has 0 saturated heterocycles. The third-order valence-electron chi connectivity index (χ3n) is 7.41. The molecule has 1 atom stereocenters. The fourth-order valence-corrected chi connectivity index (χ4v) is 6.47. The van der Waals surface area contributed by atoms with Gasteiger partial charge in [-0.25, -0.2) is 12.8 Å². The Morgan fingerprint density at radius 3 is 2.11 bits per heavy atom. The number of hydrogen-bond donors (Lipinski definition) is 1. The van der Waals surface area contributed by atoms with Crippen LogP contribution in [0.3, 0.4) is 0 Å². The summed E-state index contributed by atoms with van der Waals surface area (Å²) in [5.41, 5.74) is 1.60. The number of amides is 2. The number of rotatable bonds is 16.